The summed E-state index contributed by atoms with van der Waals surface area (Å²) >= 11 is 0. The molecule has 6 nitrogen and oxygen atoms in total. The van der Waals surface area contributed by atoms with Gasteiger partial charge in [0.25, 0.3) is 11.8 Å². The Balaban J connectivity index is 1.65. The number of phenolic OH excluding ortho intramolecular Hbond substituents is 1. The first kappa shape index (κ1) is 16.4. The zero-order chi connectivity index (χ0) is 17.8. The molecule has 0 spiro atoms. The van der Waals surface area contributed by atoms with Crippen LogP contribution in [0.25, 0.3) is 12.2 Å². The molecule has 1 aliphatic heterocycles. The Bertz CT molecular complexity index is 821. The maximum atomic E-state index is 12.0. The van der Waals surface area contributed by atoms with E-state index in [-0.39, 0.29) is 24.2 Å². The van der Waals surface area contributed by atoms with Crippen molar-refractivity contribution in [3.8, 4) is 5.75 Å². The van der Waals surface area contributed by atoms with Gasteiger partial charge in [0.2, 0.25) is 0 Å². The Morgan fingerprint density at radius 2 is 1.36 bits per heavy atom. The Morgan fingerprint density at radius 1 is 0.880 bits per heavy atom. The molecular weight excluding hydrogens is 322 g/mol. The van der Waals surface area contributed by atoms with Gasteiger partial charge in [-0.3, -0.25) is 9.59 Å². The smallest absolute Gasteiger partial charge is 0.363 e. The molecule has 126 valence electrons. The van der Waals surface area contributed by atoms with Crippen molar-refractivity contribution in [2.45, 2.75) is 12.8 Å². The van der Waals surface area contributed by atoms with Crippen LogP contribution in [0.2, 0.25) is 0 Å². The first-order chi connectivity index (χ1) is 12.0. The van der Waals surface area contributed by atoms with Crippen molar-refractivity contribution >= 4 is 29.9 Å². The summed E-state index contributed by atoms with van der Waals surface area (Å²) in [5, 5.41) is 9.77. The molecule has 1 saturated heterocycles. The molecule has 0 saturated carbocycles. The zero-order valence-corrected chi connectivity index (χ0v) is 13.2. The maximum absolute atomic E-state index is 12.0. The van der Waals surface area contributed by atoms with Crippen molar-refractivity contribution in [2.24, 2.45) is 0 Å². The van der Waals surface area contributed by atoms with Gasteiger partial charge in [-0.1, -0.05) is 36.4 Å². The van der Waals surface area contributed by atoms with E-state index in [9.17, 15) is 19.5 Å². The number of hydroxylamine groups is 2. The standard InChI is InChI=1S/C19H15NO5/c21-16-9-5-14(6-10-16)2-1-13-3-7-15(8-4-13)19(24)25-20-17(22)11-12-18(20)23/h1-10,21H,11-12H2/b2-1+. The van der Waals surface area contributed by atoms with Gasteiger partial charge in [0, 0.05) is 12.8 Å². The summed E-state index contributed by atoms with van der Waals surface area (Å²) in [5.74, 6) is -1.56. The van der Waals surface area contributed by atoms with Crippen LogP contribution in [0.3, 0.4) is 0 Å². The van der Waals surface area contributed by atoms with E-state index in [4.69, 9.17) is 4.84 Å². The lowest BCUT2D eigenvalue weighted by Crippen LogP contribution is -2.32. The number of carbonyl (C=O) groups excluding carboxylic acids is 3. The number of benzene rings is 2. The minimum absolute atomic E-state index is 0.0626. The predicted octanol–water partition coefficient (Wildman–Crippen LogP) is 2.78. The van der Waals surface area contributed by atoms with E-state index in [0.29, 0.717) is 5.06 Å². The summed E-state index contributed by atoms with van der Waals surface area (Å²) in [7, 11) is 0. The number of amides is 2. The van der Waals surface area contributed by atoms with Crippen molar-refractivity contribution in [3.63, 3.8) is 0 Å². The first-order valence-electron chi connectivity index (χ1n) is 7.68. The Labute approximate surface area is 143 Å². The number of carbonyl (C=O) groups is 3. The lowest BCUT2D eigenvalue weighted by molar-refractivity contribution is -0.172. The van der Waals surface area contributed by atoms with E-state index in [1.165, 1.54) is 0 Å². The molecule has 0 unspecified atom stereocenters. The van der Waals surface area contributed by atoms with Crippen LogP contribution in [0.1, 0.15) is 34.3 Å². The largest absolute Gasteiger partial charge is 0.508 e. The second-order valence-corrected chi connectivity index (χ2v) is 5.51. The normalized spacial score (nSPS) is 14.3. The minimum Gasteiger partial charge on any atom is -0.508 e. The van der Waals surface area contributed by atoms with Crippen LogP contribution in [0.15, 0.2) is 48.5 Å². The molecule has 1 aliphatic rings. The quantitative estimate of drug-likeness (QED) is 0.685. The van der Waals surface area contributed by atoms with Gasteiger partial charge in [-0.15, -0.1) is 5.06 Å². The second-order valence-electron chi connectivity index (χ2n) is 5.51. The summed E-state index contributed by atoms with van der Waals surface area (Å²) in [4.78, 5) is 39.8. The number of imide groups is 1. The van der Waals surface area contributed by atoms with Crippen LogP contribution >= 0.6 is 0 Å². The molecule has 0 atom stereocenters. The van der Waals surface area contributed by atoms with Crippen molar-refractivity contribution in [1.82, 2.24) is 5.06 Å². The summed E-state index contributed by atoms with van der Waals surface area (Å²) in [5.41, 5.74) is 2.03. The van der Waals surface area contributed by atoms with Crippen LogP contribution in [-0.4, -0.2) is 28.0 Å². The molecule has 6 heteroatoms. The molecule has 1 heterocycles. The molecule has 0 radical (unpaired) electrons. The van der Waals surface area contributed by atoms with Gasteiger partial charge >= 0.3 is 5.97 Å². The monoisotopic (exact) mass is 337 g/mol. The Morgan fingerprint density at radius 3 is 1.88 bits per heavy atom. The lowest BCUT2D eigenvalue weighted by Gasteiger charge is -2.12. The number of hydrogen-bond donors (Lipinski definition) is 1. The average molecular weight is 337 g/mol. The van der Waals surface area contributed by atoms with Crippen molar-refractivity contribution in [1.29, 1.82) is 0 Å². The van der Waals surface area contributed by atoms with E-state index in [2.05, 4.69) is 0 Å². The molecule has 2 amide bonds. The van der Waals surface area contributed by atoms with Crippen LogP contribution in [0, 0.1) is 0 Å². The summed E-state index contributed by atoms with van der Waals surface area (Å²) in [6, 6.07) is 13.3. The summed E-state index contributed by atoms with van der Waals surface area (Å²) < 4.78 is 0. The molecule has 3 rings (SSSR count). The molecular formula is C19H15NO5. The van der Waals surface area contributed by atoms with Crippen molar-refractivity contribution in [2.75, 3.05) is 0 Å². The summed E-state index contributed by atoms with van der Waals surface area (Å²) in [6.45, 7) is 0. The molecule has 1 N–H and O–H groups in total. The van der Waals surface area contributed by atoms with Crippen LogP contribution in [-0.2, 0) is 14.4 Å². The number of hydrogen-bond acceptors (Lipinski definition) is 5. The number of aromatic hydroxyl groups is 1. The zero-order valence-electron chi connectivity index (χ0n) is 13.2. The predicted molar refractivity (Wildman–Crippen MR) is 90.0 cm³/mol. The van der Waals surface area contributed by atoms with Gasteiger partial charge in [0.15, 0.2) is 0 Å². The molecule has 0 aliphatic carbocycles. The second kappa shape index (κ2) is 7.00. The third kappa shape index (κ3) is 3.92. The van der Waals surface area contributed by atoms with Gasteiger partial charge in [0.05, 0.1) is 5.56 Å². The molecule has 0 aromatic heterocycles. The van der Waals surface area contributed by atoms with Crippen molar-refractivity contribution in [3.05, 3.63) is 65.2 Å². The highest BCUT2D eigenvalue weighted by molar-refractivity contribution is 6.02. The number of nitrogens with zero attached hydrogens (tertiary/aromatic N) is 1. The van der Waals surface area contributed by atoms with Crippen LogP contribution in [0.4, 0.5) is 0 Å². The topological polar surface area (TPSA) is 83.9 Å². The van der Waals surface area contributed by atoms with Gasteiger partial charge in [0.1, 0.15) is 5.75 Å². The highest BCUT2D eigenvalue weighted by atomic mass is 16.7. The Hall–Kier alpha value is -3.41. The molecule has 2 aromatic rings. The van der Waals surface area contributed by atoms with E-state index in [1.54, 1.807) is 48.5 Å². The third-order valence-electron chi connectivity index (χ3n) is 3.69. The lowest BCUT2D eigenvalue weighted by atomic mass is 10.1. The average Bonchev–Trinajstić information content (AvgIpc) is 2.93. The first-order valence-corrected chi connectivity index (χ1v) is 7.68. The number of phenols is 1. The molecule has 0 bridgehead atoms. The fraction of sp³-hybridized carbons (Fsp3) is 0.105. The van der Waals surface area contributed by atoms with E-state index in [0.717, 1.165) is 11.1 Å². The van der Waals surface area contributed by atoms with E-state index in [1.807, 2.05) is 12.2 Å². The fourth-order valence-electron chi connectivity index (χ4n) is 2.30. The number of rotatable bonds is 4. The Kier molecular flexibility index (Phi) is 4.61. The highest BCUT2D eigenvalue weighted by Crippen LogP contribution is 2.16. The fourth-order valence-corrected chi connectivity index (χ4v) is 2.30. The molecule has 2 aromatic carbocycles. The highest BCUT2D eigenvalue weighted by Gasteiger charge is 2.33. The summed E-state index contributed by atoms with van der Waals surface area (Å²) in [6.07, 6.45) is 3.85. The molecule has 1 fully saturated rings. The molecule has 25 heavy (non-hydrogen) atoms. The maximum Gasteiger partial charge on any atom is 0.363 e. The van der Waals surface area contributed by atoms with E-state index >= 15 is 0 Å². The van der Waals surface area contributed by atoms with Gasteiger partial charge in [-0.05, 0) is 35.4 Å². The van der Waals surface area contributed by atoms with E-state index < -0.39 is 17.8 Å². The third-order valence-corrected chi connectivity index (χ3v) is 3.69. The van der Waals surface area contributed by atoms with Crippen LogP contribution in [0.5, 0.6) is 5.75 Å². The minimum atomic E-state index is -0.752. The van der Waals surface area contributed by atoms with Gasteiger partial charge < -0.3 is 9.94 Å². The van der Waals surface area contributed by atoms with Crippen molar-refractivity contribution < 1.29 is 24.3 Å². The van der Waals surface area contributed by atoms with Crippen LogP contribution < -0.4 is 0 Å². The van der Waals surface area contributed by atoms with Gasteiger partial charge in [-0.25, -0.2) is 4.79 Å². The van der Waals surface area contributed by atoms with Gasteiger partial charge in [-0.2, -0.15) is 0 Å². The SMILES string of the molecule is O=C(ON1C(=O)CCC1=O)c1ccc(/C=C/c2ccc(O)cc2)cc1.